The van der Waals surface area contributed by atoms with E-state index in [1.165, 1.54) is 0 Å². The second-order valence-corrected chi connectivity index (χ2v) is 4.95. The average Bonchev–Trinajstić information content (AvgIpc) is 2.43. The van der Waals surface area contributed by atoms with Crippen LogP contribution in [0.1, 0.15) is 0 Å². The lowest BCUT2D eigenvalue weighted by molar-refractivity contribution is 1.31. The molecule has 5 heteroatoms. The van der Waals surface area contributed by atoms with Gasteiger partial charge >= 0.3 is 0 Å². The number of para-hydroxylation sites is 1. The summed E-state index contributed by atoms with van der Waals surface area (Å²) in [7, 11) is 0. The summed E-state index contributed by atoms with van der Waals surface area (Å²) in [5, 5.41) is 4.39. The zero-order chi connectivity index (χ0) is 13.2. The molecule has 2 heterocycles. The Morgan fingerprint density at radius 1 is 1.11 bits per heavy atom. The third-order valence-electron chi connectivity index (χ3n) is 2.82. The van der Waals surface area contributed by atoms with E-state index in [9.17, 15) is 0 Å². The first-order valence-electron chi connectivity index (χ1n) is 5.75. The maximum absolute atomic E-state index is 5.94. The molecule has 0 saturated carbocycles. The van der Waals surface area contributed by atoms with Gasteiger partial charge in [-0.15, -0.1) is 0 Å². The van der Waals surface area contributed by atoms with Crippen molar-refractivity contribution in [1.82, 2.24) is 9.97 Å². The second kappa shape index (κ2) is 4.85. The molecule has 0 aliphatic carbocycles. The number of hydrogen-bond donors (Lipinski definition) is 2. The van der Waals surface area contributed by atoms with Gasteiger partial charge in [-0.3, -0.25) is 9.97 Å². The first-order chi connectivity index (χ1) is 9.25. The highest BCUT2D eigenvalue weighted by atomic mass is 79.9. The first kappa shape index (κ1) is 11.9. The molecule has 1 aromatic carbocycles. The predicted octanol–water partition coefficient (Wildman–Crippen LogP) is 3.72. The van der Waals surface area contributed by atoms with Crippen molar-refractivity contribution >= 4 is 43.9 Å². The van der Waals surface area contributed by atoms with Crippen molar-refractivity contribution in [2.75, 3.05) is 11.1 Å². The van der Waals surface area contributed by atoms with Crippen LogP contribution in [0.4, 0.5) is 17.1 Å². The van der Waals surface area contributed by atoms with Gasteiger partial charge in [-0.05, 0) is 28.1 Å². The molecule has 0 unspecified atom stereocenters. The SMILES string of the molecule is Nc1cncc(Br)c1Nc1cccc2cccnc12. The molecule has 0 spiro atoms. The molecule has 2 aromatic heterocycles. The van der Waals surface area contributed by atoms with Crippen LogP contribution >= 0.6 is 15.9 Å². The van der Waals surface area contributed by atoms with Crippen LogP contribution in [0.25, 0.3) is 10.9 Å². The summed E-state index contributed by atoms with van der Waals surface area (Å²) in [5.41, 5.74) is 9.15. The summed E-state index contributed by atoms with van der Waals surface area (Å²) in [5.74, 6) is 0. The van der Waals surface area contributed by atoms with Gasteiger partial charge in [-0.25, -0.2) is 0 Å². The van der Waals surface area contributed by atoms with Gasteiger partial charge in [0, 0.05) is 17.8 Å². The molecule has 0 fully saturated rings. The fraction of sp³-hybridized carbons (Fsp3) is 0. The van der Waals surface area contributed by atoms with E-state index in [2.05, 4.69) is 31.2 Å². The summed E-state index contributed by atoms with van der Waals surface area (Å²) in [6, 6.07) is 9.93. The van der Waals surface area contributed by atoms with E-state index in [0.717, 1.165) is 26.8 Å². The molecule has 0 saturated heterocycles. The first-order valence-corrected chi connectivity index (χ1v) is 6.55. The quantitative estimate of drug-likeness (QED) is 0.756. The summed E-state index contributed by atoms with van der Waals surface area (Å²) in [6.45, 7) is 0. The minimum Gasteiger partial charge on any atom is -0.396 e. The molecule has 4 nitrogen and oxygen atoms in total. The monoisotopic (exact) mass is 314 g/mol. The lowest BCUT2D eigenvalue weighted by atomic mass is 10.2. The normalized spacial score (nSPS) is 10.6. The Kier molecular flexibility index (Phi) is 3.05. The van der Waals surface area contributed by atoms with Gasteiger partial charge in [-0.2, -0.15) is 0 Å². The van der Waals surface area contributed by atoms with Crippen molar-refractivity contribution in [3.63, 3.8) is 0 Å². The molecule has 0 aliphatic rings. The Hall–Kier alpha value is -2.14. The van der Waals surface area contributed by atoms with Crippen LogP contribution in [-0.2, 0) is 0 Å². The molecule has 19 heavy (non-hydrogen) atoms. The van der Waals surface area contributed by atoms with Crippen LogP contribution in [0.2, 0.25) is 0 Å². The zero-order valence-corrected chi connectivity index (χ0v) is 11.6. The van der Waals surface area contributed by atoms with Gasteiger partial charge in [-0.1, -0.05) is 18.2 Å². The van der Waals surface area contributed by atoms with E-state index in [1.807, 2.05) is 30.3 Å². The highest BCUT2D eigenvalue weighted by molar-refractivity contribution is 9.10. The number of fused-ring (bicyclic) bond motifs is 1. The van der Waals surface area contributed by atoms with Crippen molar-refractivity contribution in [1.29, 1.82) is 0 Å². The number of rotatable bonds is 2. The van der Waals surface area contributed by atoms with Gasteiger partial charge in [0.2, 0.25) is 0 Å². The third-order valence-corrected chi connectivity index (χ3v) is 3.42. The van der Waals surface area contributed by atoms with Crippen LogP contribution in [0.5, 0.6) is 0 Å². The Morgan fingerprint density at radius 3 is 2.79 bits per heavy atom. The zero-order valence-electron chi connectivity index (χ0n) is 9.97. The maximum Gasteiger partial charge on any atom is 0.0936 e. The van der Waals surface area contributed by atoms with E-state index in [0.29, 0.717) is 5.69 Å². The number of nitrogens with one attached hydrogen (secondary N) is 1. The maximum atomic E-state index is 5.94. The van der Waals surface area contributed by atoms with E-state index in [4.69, 9.17) is 5.73 Å². The highest BCUT2D eigenvalue weighted by Gasteiger charge is 2.07. The molecular formula is C14H11BrN4. The van der Waals surface area contributed by atoms with E-state index >= 15 is 0 Å². The van der Waals surface area contributed by atoms with Crippen LogP contribution < -0.4 is 11.1 Å². The van der Waals surface area contributed by atoms with Crippen molar-refractivity contribution in [3.05, 3.63) is 53.4 Å². The average molecular weight is 315 g/mol. The summed E-state index contributed by atoms with van der Waals surface area (Å²) >= 11 is 3.44. The minimum absolute atomic E-state index is 0.585. The number of pyridine rings is 2. The molecule has 0 aliphatic heterocycles. The van der Waals surface area contributed by atoms with E-state index in [-0.39, 0.29) is 0 Å². The number of halogens is 1. The van der Waals surface area contributed by atoms with Crippen LogP contribution in [-0.4, -0.2) is 9.97 Å². The summed E-state index contributed by atoms with van der Waals surface area (Å²) in [6.07, 6.45) is 5.10. The molecule has 3 rings (SSSR count). The predicted molar refractivity (Wildman–Crippen MR) is 81.4 cm³/mol. The highest BCUT2D eigenvalue weighted by Crippen LogP contribution is 2.32. The Morgan fingerprint density at radius 2 is 1.95 bits per heavy atom. The Bertz CT molecular complexity index is 717. The van der Waals surface area contributed by atoms with Crippen LogP contribution in [0, 0.1) is 0 Å². The second-order valence-electron chi connectivity index (χ2n) is 4.09. The Balaban J connectivity index is 2.11. The molecule has 3 aromatic rings. The molecule has 0 amide bonds. The number of benzene rings is 1. The van der Waals surface area contributed by atoms with Gasteiger partial charge in [0.25, 0.3) is 0 Å². The summed E-state index contributed by atoms with van der Waals surface area (Å²) in [4.78, 5) is 8.42. The number of nitrogen functional groups attached to an aromatic ring is 1. The van der Waals surface area contributed by atoms with Gasteiger partial charge in [0.15, 0.2) is 0 Å². The third kappa shape index (κ3) is 2.24. The molecule has 0 bridgehead atoms. The molecule has 94 valence electrons. The number of nitrogens with two attached hydrogens (primary N) is 1. The number of nitrogens with zero attached hydrogens (tertiary/aromatic N) is 2. The van der Waals surface area contributed by atoms with Crippen LogP contribution in [0.3, 0.4) is 0 Å². The minimum atomic E-state index is 0.585. The fourth-order valence-electron chi connectivity index (χ4n) is 1.92. The number of aromatic nitrogens is 2. The van der Waals surface area contributed by atoms with Crippen molar-refractivity contribution in [2.45, 2.75) is 0 Å². The van der Waals surface area contributed by atoms with Gasteiger partial charge < -0.3 is 11.1 Å². The van der Waals surface area contributed by atoms with Crippen molar-refractivity contribution in [2.24, 2.45) is 0 Å². The van der Waals surface area contributed by atoms with Gasteiger partial charge in [0.1, 0.15) is 0 Å². The lowest BCUT2D eigenvalue weighted by Crippen LogP contribution is -1.99. The van der Waals surface area contributed by atoms with Crippen molar-refractivity contribution in [3.8, 4) is 0 Å². The van der Waals surface area contributed by atoms with E-state index < -0.39 is 0 Å². The largest absolute Gasteiger partial charge is 0.396 e. The van der Waals surface area contributed by atoms with Gasteiger partial charge in [0.05, 0.1) is 33.2 Å². The topological polar surface area (TPSA) is 63.8 Å². The molecule has 3 N–H and O–H groups in total. The molecular weight excluding hydrogens is 304 g/mol. The standard InChI is InChI=1S/C14H11BrN4/c15-10-7-17-8-11(16)14(10)19-12-5-1-3-9-4-2-6-18-13(9)12/h1-8H,16H2,(H,17,19). The number of anilines is 3. The molecule has 0 atom stereocenters. The van der Waals surface area contributed by atoms with Crippen molar-refractivity contribution < 1.29 is 0 Å². The Labute approximate surface area is 118 Å². The smallest absolute Gasteiger partial charge is 0.0936 e. The number of hydrogen-bond acceptors (Lipinski definition) is 4. The fourth-order valence-corrected chi connectivity index (χ4v) is 2.37. The van der Waals surface area contributed by atoms with Crippen LogP contribution in [0.15, 0.2) is 53.4 Å². The van der Waals surface area contributed by atoms with E-state index in [1.54, 1.807) is 18.6 Å². The summed E-state index contributed by atoms with van der Waals surface area (Å²) < 4.78 is 0.820. The molecule has 0 radical (unpaired) electrons. The lowest BCUT2D eigenvalue weighted by Gasteiger charge is -2.12.